The summed E-state index contributed by atoms with van der Waals surface area (Å²) >= 11 is 0. The van der Waals surface area contributed by atoms with Crippen LogP contribution in [0.4, 0.5) is 4.79 Å². The molecule has 2 amide bonds. The lowest BCUT2D eigenvalue weighted by molar-refractivity contribution is -0.256. The predicted octanol–water partition coefficient (Wildman–Crippen LogP) is 1.60. The Bertz CT molecular complexity index is 1340. The van der Waals surface area contributed by atoms with Crippen LogP contribution in [-0.4, -0.2) is 30.4 Å². The normalized spacial score (nSPS) is 11.1. The molecule has 4 rings (SSSR count). The van der Waals surface area contributed by atoms with E-state index in [4.69, 9.17) is 8.83 Å². The molecule has 36 heavy (non-hydrogen) atoms. The standard InChI is InChI=1S/C25H18N4O7/c30-23(31)17-5-1-15(2-6-17)21-11-9-19(35-21)13-26-28-25(34)29-27-14-20-10-12-22(36-20)16-3-7-18(8-4-16)24(32)33/h1-14H,(H,30,31)(H,32,33)(H2,28,29,34)/p-2/b26-13-,27-14+. The van der Waals surface area contributed by atoms with Gasteiger partial charge in [-0.1, -0.05) is 48.5 Å². The Morgan fingerprint density at radius 3 is 1.36 bits per heavy atom. The van der Waals surface area contributed by atoms with Crippen molar-refractivity contribution in [2.75, 3.05) is 0 Å². The second-order valence-electron chi connectivity index (χ2n) is 7.20. The molecule has 2 N–H and O–H groups in total. The van der Waals surface area contributed by atoms with Crippen LogP contribution >= 0.6 is 0 Å². The van der Waals surface area contributed by atoms with Gasteiger partial charge in [-0.25, -0.2) is 15.6 Å². The molecule has 11 heteroatoms. The fourth-order valence-electron chi connectivity index (χ4n) is 3.03. The van der Waals surface area contributed by atoms with Crippen LogP contribution in [0.5, 0.6) is 0 Å². The van der Waals surface area contributed by atoms with Gasteiger partial charge in [0.25, 0.3) is 0 Å². The van der Waals surface area contributed by atoms with Gasteiger partial charge in [0.05, 0.1) is 24.4 Å². The van der Waals surface area contributed by atoms with Crippen molar-refractivity contribution < 1.29 is 33.4 Å². The smallest absolute Gasteiger partial charge is 0.355 e. The van der Waals surface area contributed by atoms with Crippen LogP contribution in [-0.2, 0) is 0 Å². The van der Waals surface area contributed by atoms with E-state index in [0.717, 1.165) is 0 Å². The largest absolute Gasteiger partial charge is 0.545 e. The third-order valence-electron chi connectivity index (χ3n) is 4.78. The lowest BCUT2D eigenvalue weighted by atomic mass is 10.1. The maximum absolute atomic E-state index is 11.8. The molecular weight excluding hydrogens is 468 g/mol. The Labute approximate surface area is 203 Å². The highest BCUT2D eigenvalue weighted by molar-refractivity contribution is 5.87. The molecule has 0 aliphatic carbocycles. The number of carboxylic acids is 2. The monoisotopic (exact) mass is 484 g/mol. The van der Waals surface area contributed by atoms with Gasteiger partial charge in [0.1, 0.15) is 23.0 Å². The van der Waals surface area contributed by atoms with E-state index in [0.29, 0.717) is 34.2 Å². The molecule has 2 heterocycles. The summed E-state index contributed by atoms with van der Waals surface area (Å²) < 4.78 is 11.2. The van der Waals surface area contributed by atoms with Gasteiger partial charge in [-0.15, -0.1) is 0 Å². The fourth-order valence-corrected chi connectivity index (χ4v) is 3.03. The van der Waals surface area contributed by atoms with Crippen LogP contribution in [0.2, 0.25) is 0 Å². The van der Waals surface area contributed by atoms with E-state index in [1.807, 2.05) is 0 Å². The Morgan fingerprint density at radius 2 is 1.00 bits per heavy atom. The number of furan rings is 2. The van der Waals surface area contributed by atoms with Gasteiger partial charge >= 0.3 is 6.03 Å². The maximum Gasteiger partial charge on any atom is 0.355 e. The molecule has 0 atom stereocenters. The highest BCUT2D eigenvalue weighted by Crippen LogP contribution is 2.23. The van der Waals surface area contributed by atoms with E-state index in [-0.39, 0.29) is 11.1 Å². The topological polar surface area (TPSA) is 172 Å². The fraction of sp³-hybridized carbons (Fsp3) is 0. The number of rotatable bonds is 8. The van der Waals surface area contributed by atoms with E-state index in [2.05, 4.69) is 21.1 Å². The number of hydrogen-bond donors (Lipinski definition) is 2. The molecule has 0 saturated carbocycles. The van der Waals surface area contributed by atoms with Crippen molar-refractivity contribution >= 4 is 30.4 Å². The molecule has 11 nitrogen and oxygen atoms in total. The zero-order valence-corrected chi connectivity index (χ0v) is 18.3. The Kier molecular flexibility index (Phi) is 7.01. The SMILES string of the molecule is O=C(N/N=C\c1ccc(-c2ccc(C(=O)[O-])cc2)o1)N/N=C/c1ccc(-c2ccc(C(=O)[O-])cc2)o1. The minimum Gasteiger partial charge on any atom is -0.545 e. The van der Waals surface area contributed by atoms with Crippen LogP contribution in [0.15, 0.2) is 91.8 Å². The second kappa shape index (κ2) is 10.7. The van der Waals surface area contributed by atoms with Crippen LogP contribution in [0.1, 0.15) is 32.2 Å². The van der Waals surface area contributed by atoms with Crippen molar-refractivity contribution in [3.8, 4) is 22.6 Å². The van der Waals surface area contributed by atoms with Gasteiger partial charge in [0.15, 0.2) is 0 Å². The van der Waals surface area contributed by atoms with Crippen molar-refractivity contribution in [2.45, 2.75) is 0 Å². The Balaban J connectivity index is 1.26. The molecular formula is C25H16N4O7-2. The minimum absolute atomic E-state index is 0.0580. The molecule has 0 spiro atoms. The first-order valence-electron chi connectivity index (χ1n) is 10.3. The lowest BCUT2D eigenvalue weighted by Gasteiger charge is -2.02. The first-order chi connectivity index (χ1) is 17.4. The van der Waals surface area contributed by atoms with Crippen molar-refractivity contribution in [1.82, 2.24) is 10.9 Å². The molecule has 2 aromatic heterocycles. The molecule has 2 aromatic carbocycles. The van der Waals surface area contributed by atoms with Crippen molar-refractivity contribution in [3.63, 3.8) is 0 Å². The highest BCUT2D eigenvalue weighted by Gasteiger charge is 2.06. The van der Waals surface area contributed by atoms with Crippen LogP contribution < -0.4 is 21.1 Å². The zero-order chi connectivity index (χ0) is 25.5. The predicted molar refractivity (Wildman–Crippen MR) is 124 cm³/mol. The first-order valence-corrected chi connectivity index (χ1v) is 10.3. The summed E-state index contributed by atoms with van der Waals surface area (Å²) in [5.41, 5.74) is 5.88. The Hall–Kier alpha value is -5.45. The van der Waals surface area contributed by atoms with Crippen molar-refractivity contribution in [1.29, 1.82) is 0 Å². The number of urea groups is 1. The van der Waals surface area contributed by atoms with Gasteiger partial charge in [0, 0.05) is 11.1 Å². The average Bonchev–Trinajstić information content (AvgIpc) is 3.54. The summed E-state index contributed by atoms with van der Waals surface area (Å²) in [4.78, 5) is 33.5. The number of nitrogens with zero attached hydrogens (tertiary/aromatic N) is 2. The number of aromatic carboxylic acids is 2. The van der Waals surface area contributed by atoms with Gasteiger partial charge in [-0.3, -0.25) is 0 Å². The van der Waals surface area contributed by atoms with Gasteiger partial charge in [-0.2, -0.15) is 10.2 Å². The summed E-state index contributed by atoms with van der Waals surface area (Å²) in [5.74, 6) is -0.841. The molecule has 0 aliphatic heterocycles. The number of hydrazone groups is 2. The molecule has 4 aromatic rings. The van der Waals surface area contributed by atoms with E-state index < -0.39 is 18.0 Å². The molecule has 0 unspecified atom stereocenters. The summed E-state index contributed by atoms with van der Waals surface area (Å²) in [6, 6.07) is 17.9. The van der Waals surface area contributed by atoms with Crippen LogP contribution in [0, 0.1) is 0 Å². The summed E-state index contributed by atoms with van der Waals surface area (Å²) in [7, 11) is 0. The van der Waals surface area contributed by atoms with Crippen molar-refractivity contribution in [2.24, 2.45) is 10.2 Å². The highest BCUT2D eigenvalue weighted by atomic mass is 16.4. The van der Waals surface area contributed by atoms with Crippen LogP contribution in [0.25, 0.3) is 22.6 Å². The minimum atomic E-state index is -1.26. The van der Waals surface area contributed by atoms with Gasteiger partial charge < -0.3 is 28.6 Å². The quantitative estimate of drug-likeness (QED) is 0.282. The molecule has 0 radical (unpaired) electrons. The van der Waals surface area contributed by atoms with Gasteiger partial charge in [0.2, 0.25) is 0 Å². The third-order valence-corrected chi connectivity index (χ3v) is 4.78. The molecule has 0 fully saturated rings. The maximum atomic E-state index is 11.8. The van der Waals surface area contributed by atoms with E-state index >= 15 is 0 Å². The second-order valence-corrected chi connectivity index (χ2v) is 7.20. The number of carboxylic acid groups (broad SMARTS) is 2. The number of nitrogens with one attached hydrogen (secondary N) is 2. The summed E-state index contributed by atoms with van der Waals surface area (Å²) in [6.45, 7) is 0. The zero-order valence-electron chi connectivity index (χ0n) is 18.3. The molecule has 0 aliphatic rings. The van der Waals surface area contributed by atoms with E-state index in [1.165, 1.54) is 36.7 Å². The number of hydrogen-bond acceptors (Lipinski definition) is 9. The number of carbonyl (C=O) groups excluding carboxylic acids is 3. The van der Waals surface area contributed by atoms with Crippen molar-refractivity contribution in [3.05, 3.63) is 95.4 Å². The average molecular weight is 484 g/mol. The number of amides is 2. The summed E-state index contributed by atoms with van der Waals surface area (Å²) in [6.07, 6.45) is 2.57. The Morgan fingerprint density at radius 1 is 0.611 bits per heavy atom. The molecule has 180 valence electrons. The lowest BCUT2D eigenvalue weighted by Crippen LogP contribution is -2.28. The van der Waals surface area contributed by atoms with Crippen LogP contribution in [0.3, 0.4) is 0 Å². The molecule has 0 bridgehead atoms. The van der Waals surface area contributed by atoms with Gasteiger partial charge in [-0.05, 0) is 35.4 Å². The molecule has 0 saturated heterocycles. The third kappa shape index (κ3) is 5.91. The number of benzene rings is 2. The summed E-state index contributed by atoms with van der Waals surface area (Å²) in [5, 5.41) is 29.2. The van der Waals surface area contributed by atoms with E-state index in [9.17, 15) is 24.6 Å². The number of carbonyl (C=O) groups is 3. The van der Waals surface area contributed by atoms with E-state index in [1.54, 1.807) is 48.5 Å². The first kappa shape index (κ1) is 23.7.